The summed E-state index contributed by atoms with van der Waals surface area (Å²) in [6, 6.07) is 5.13. The van der Waals surface area contributed by atoms with E-state index in [1.807, 2.05) is 6.21 Å². The zero-order chi connectivity index (χ0) is 24.2. The van der Waals surface area contributed by atoms with Gasteiger partial charge in [0.1, 0.15) is 11.9 Å². The highest BCUT2D eigenvalue weighted by Crippen LogP contribution is 2.53. The van der Waals surface area contributed by atoms with E-state index in [1.54, 1.807) is 18.2 Å². The third-order valence-electron chi connectivity index (χ3n) is 7.71. The quantitative estimate of drug-likeness (QED) is 0.400. The largest absolute Gasteiger partial charge is 0.504 e. The Morgan fingerprint density at radius 1 is 1.26 bits per heavy atom. The maximum Gasteiger partial charge on any atom is 0.302 e. The van der Waals surface area contributed by atoms with Gasteiger partial charge < -0.3 is 14.6 Å². The molecular formula is C28H35NO5. The number of phenolic OH excluding ortho intramolecular Hbond substituents is 1. The number of ketones is 1. The van der Waals surface area contributed by atoms with E-state index in [4.69, 9.17) is 9.47 Å². The summed E-state index contributed by atoms with van der Waals surface area (Å²) in [4.78, 5) is 29.7. The summed E-state index contributed by atoms with van der Waals surface area (Å²) in [5, 5.41) is 9.81. The summed E-state index contributed by atoms with van der Waals surface area (Å²) in [5.41, 5.74) is 2.14. The molecule has 1 aliphatic heterocycles. The molecule has 0 radical (unpaired) electrons. The van der Waals surface area contributed by atoms with Gasteiger partial charge in [-0.25, -0.2) is 0 Å². The van der Waals surface area contributed by atoms with Crippen LogP contribution in [0.1, 0.15) is 45.1 Å². The van der Waals surface area contributed by atoms with Crippen molar-refractivity contribution in [1.29, 1.82) is 0 Å². The first-order chi connectivity index (χ1) is 16.4. The van der Waals surface area contributed by atoms with Crippen LogP contribution in [0.5, 0.6) is 11.5 Å². The van der Waals surface area contributed by atoms with Crippen molar-refractivity contribution >= 4 is 18.0 Å². The predicted octanol–water partition coefficient (Wildman–Crippen LogP) is 4.70. The fraction of sp³-hybridized carbons (Fsp3) is 0.536. The maximum absolute atomic E-state index is 13.1. The first kappa shape index (κ1) is 24.2. The van der Waals surface area contributed by atoms with Gasteiger partial charge in [0.2, 0.25) is 0 Å². The zero-order valence-electron chi connectivity index (χ0n) is 20.3. The van der Waals surface area contributed by atoms with E-state index >= 15 is 0 Å². The van der Waals surface area contributed by atoms with Crippen molar-refractivity contribution in [3.05, 3.63) is 47.6 Å². The van der Waals surface area contributed by atoms with E-state index in [-0.39, 0.29) is 41.7 Å². The van der Waals surface area contributed by atoms with Gasteiger partial charge in [0.15, 0.2) is 11.5 Å². The number of aromatic hydroxyl groups is 1. The SMILES string of the molecule is CC[C@H]1C[C@H]2C=C[C@H]1[C@@H]([C@H](CC(=O)CCc1ccc(O)c(OC)c1)OC(C)=O)[C@@H]2C1=CCN=C1. The lowest BCUT2D eigenvalue weighted by Gasteiger charge is -2.51. The molecule has 5 rings (SSSR count). The van der Waals surface area contributed by atoms with Crippen LogP contribution in [0.3, 0.4) is 0 Å². The van der Waals surface area contributed by atoms with Crippen molar-refractivity contribution in [3.63, 3.8) is 0 Å². The van der Waals surface area contributed by atoms with Gasteiger partial charge >= 0.3 is 5.97 Å². The zero-order valence-corrected chi connectivity index (χ0v) is 20.3. The highest BCUT2D eigenvalue weighted by atomic mass is 16.5. The standard InChI is InChI=1S/C28H35NO5/c1-4-19-14-20-7-9-23(19)28(27(20)21-11-12-29-16-21)26(34-17(2)30)15-22(31)8-5-18-6-10-24(32)25(13-18)33-3/h6-7,9-11,13,16,19-20,23,26-28,32H,4-5,8,12,14-15H2,1-3H3/t19-,20+,23+,26-,27-,28-/m0/s1. The van der Waals surface area contributed by atoms with E-state index in [0.717, 1.165) is 18.4 Å². The third-order valence-corrected chi connectivity index (χ3v) is 7.71. The van der Waals surface area contributed by atoms with Crippen LogP contribution in [0.25, 0.3) is 0 Å². The normalized spacial score (nSPS) is 28.0. The molecule has 0 saturated heterocycles. The molecule has 1 N–H and O–H groups in total. The lowest BCUT2D eigenvalue weighted by molar-refractivity contribution is -0.155. The number of rotatable bonds is 10. The average molecular weight is 466 g/mol. The molecular weight excluding hydrogens is 430 g/mol. The highest BCUT2D eigenvalue weighted by Gasteiger charge is 2.50. The first-order valence-electron chi connectivity index (χ1n) is 12.3. The van der Waals surface area contributed by atoms with Crippen LogP contribution in [-0.4, -0.2) is 42.8 Å². The van der Waals surface area contributed by atoms with Crippen LogP contribution in [-0.2, 0) is 20.7 Å². The van der Waals surface area contributed by atoms with Gasteiger partial charge in [-0.1, -0.05) is 37.6 Å². The minimum atomic E-state index is -0.453. The van der Waals surface area contributed by atoms with E-state index < -0.39 is 6.10 Å². The lowest BCUT2D eigenvalue weighted by Crippen LogP contribution is -2.49. The summed E-state index contributed by atoms with van der Waals surface area (Å²) >= 11 is 0. The number of Topliss-reactive ketones (excluding diaryl/α,β-unsaturated/α-hetero) is 1. The number of aliphatic imine (C=N–C) groups is 1. The van der Waals surface area contributed by atoms with Gasteiger partial charge in [-0.05, 0) is 59.8 Å². The molecule has 0 unspecified atom stereocenters. The van der Waals surface area contributed by atoms with Crippen LogP contribution < -0.4 is 4.74 Å². The van der Waals surface area contributed by atoms with E-state index in [9.17, 15) is 14.7 Å². The second kappa shape index (κ2) is 10.6. The smallest absolute Gasteiger partial charge is 0.302 e. The second-order valence-electron chi connectivity index (χ2n) is 9.73. The number of hydrogen-bond acceptors (Lipinski definition) is 6. The molecule has 182 valence electrons. The summed E-state index contributed by atoms with van der Waals surface area (Å²) in [5.74, 6) is 1.71. The molecule has 4 aliphatic rings. The van der Waals surface area contributed by atoms with Crippen molar-refractivity contribution in [2.75, 3.05) is 13.7 Å². The van der Waals surface area contributed by atoms with Crippen molar-refractivity contribution in [2.45, 2.75) is 52.1 Å². The Balaban J connectivity index is 1.52. The van der Waals surface area contributed by atoms with Crippen LogP contribution in [0.2, 0.25) is 0 Å². The summed E-state index contributed by atoms with van der Waals surface area (Å²) in [7, 11) is 1.50. The Morgan fingerprint density at radius 2 is 2.09 bits per heavy atom. The molecule has 0 aromatic heterocycles. The number of fused-ring (bicyclic) bond motifs is 2. The first-order valence-corrected chi connectivity index (χ1v) is 12.3. The fourth-order valence-electron chi connectivity index (χ4n) is 6.18. The van der Waals surface area contributed by atoms with Gasteiger partial charge in [0, 0.05) is 31.9 Å². The fourth-order valence-corrected chi connectivity index (χ4v) is 6.18. The number of ether oxygens (including phenoxy) is 2. The molecule has 2 bridgehead atoms. The van der Waals surface area contributed by atoms with Crippen LogP contribution in [0, 0.1) is 29.6 Å². The number of nitrogens with zero attached hydrogens (tertiary/aromatic N) is 1. The van der Waals surface area contributed by atoms with Crippen molar-refractivity contribution < 1.29 is 24.2 Å². The number of hydrogen-bond donors (Lipinski definition) is 1. The van der Waals surface area contributed by atoms with Crippen molar-refractivity contribution in [1.82, 2.24) is 0 Å². The number of esters is 1. The molecule has 1 heterocycles. The van der Waals surface area contributed by atoms with E-state index in [2.05, 4.69) is 30.1 Å². The molecule has 6 heteroatoms. The number of carbonyl (C=O) groups is 2. The summed E-state index contributed by atoms with van der Waals surface area (Å²) in [6.45, 7) is 4.35. The molecule has 1 aromatic carbocycles. The molecule has 0 spiro atoms. The van der Waals surface area contributed by atoms with Crippen LogP contribution in [0.15, 0.2) is 47.0 Å². The van der Waals surface area contributed by atoms with Crippen LogP contribution in [0.4, 0.5) is 0 Å². The number of aryl methyl sites for hydroxylation is 1. The molecule has 34 heavy (non-hydrogen) atoms. The minimum absolute atomic E-state index is 0.0737. The van der Waals surface area contributed by atoms with Gasteiger partial charge in [-0.2, -0.15) is 0 Å². The van der Waals surface area contributed by atoms with Gasteiger partial charge in [-0.3, -0.25) is 14.6 Å². The number of benzene rings is 1. The topological polar surface area (TPSA) is 85.2 Å². The molecule has 6 nitrogen and oxygen atoms in total. The molecule has 0 amide bonds. The highest BCUT2D eigenvalue weighted by molar-refractivity contribution is 5.82. The monoisotopic (exact) mass is 465 g/mol. The molecule has 1 saturated carbocycles. The number of allylic oxidation sites excluding steroid dienone is 3. The third kappa shape index (κ3) is 5.11. The summed E-state index contributed by atoms with van der Waals surface area (Å²) < 4.78 is 11.1. The van der Waals surface area contributed by atoms with E-state index in [1.165, 1.54) is 19.6 Å². The van der Waals surface area contributed by atoms with Crippen molar-refractivity contribution in [2.24, 2.45) is 34.6 Å². The molecule has 6 atom stereocenters. The summed E-state index contributed by atoms with van der Waals surface area (Å²) in [6.07, 6.45) is 11.6. The molecule has 3 aliphatic carbocycles. The number of phenols is 1. The molecule has 1 aromatic rings. The van der Waals surface area contributed by atoms with Gasteiger partial charge in [-0.15, -0.1) is 0 Å². The van der Waals surface area contributed by atoms with Crippen LogP contribution >= 0.6 is 0 Å². The average Bonchev–Trinajstić information content (AvgIpc) is 3.37. The van der Waals surface area contributed by atoms with Gasteiger partial charge in [0.25, 0.3) is 0 Å². The minimum Gasteiger partial charge on any atom is -0.504 e. The van der Waals surface area contributed by atoms with Gasteiger partial charge in [0.05, 0.1) is 13.7 Å². The number of methoxy groups -OCH3 is 1. The Labute approximate surface area is 201 Å². The Morgan fingerprint density at radius 3 is 2.76 bits per heavy atom. The Hall–Kier alpha value is -2.89. The number of carbonyl (C=O) groups excluding carboxylic acids is 2. The Kier molecular flexibility index (Phi) is 7.54. The maximum atomic E-state index is 13.1. The second-order valence-corrected chi connectivity index (χ2v) is 9.73. The van der Waals surface area contributed by atoms with Crippen molar-refractivity contribution in [3.8, 4) is 11.5 Å². The lowest BCUT2D eigenvalue weighted by atomic mass is 9.54. The Bertz CT molecular complexity index is 1010. The predicted molar refractivity (Wildman–Crippen MR) is 131 cm³/mol. The van der Waals surface area contributed by atoms with E-state index in [0.29, 0.717) is 37.0 Å². The molecule has 1 fully saturated rings.